The molecular weight excluding hydrogens is 819 g/mol. The fraction of sp³-hybridized carbons (Fsp3) is 0.745. The molecule has 1 aliphatic heterocycles. The summed E-state index contributed by atoms with van der Waals surface area (Å²) in [5.74, 6) is -1.19. The molecule has 2 rings (SSSR count). The van der Waals surface area contributed by atoms with E-state index in [0.29, 0.717) is 31.5 Å². The summed E-state index contributed by atoms with van der Waals surface area (Å²) in [5.41, 5.74) is 0. The molecule has 356 valence electrons. The third kappa shape index (κ3) is 25.7. The highest BCUT2D eigenvalue weighted by Crippen LogP contribution is 2.47. The minimum absolute atomic E-state index is 0.0106. The average molecular weight is 899 g/mol. The molecule has 2 aliphatic rings. The van der Waals surface area contributed by atoms with Gasteiger partial charge in [0.1, 0.15) is 43.2 Å². The first-order valence-electron chi connectivity index (χ1n) is 23.2. The number of rotatable bonds is 36. The van der Waals surface area contributed by atoms with Crippen molar-refractivity contribution in [2.75, 3.05) is 13.2 Å². The van der Waals surface area contributed by atoms with Gasteiger partial charge in [0.05, 0.1) is 18.8 Å². The molecule has 0 radical (unpaired) electrons. The third-order valence-electron chi connectivity index (χ3n) is 10.7. The average Bonchev–Trinajstić information content (AvgIpc) is 4.01. The van der Waals surface area contributed by atoms with Gasteiger partial charge in [0, 0.05) is 12.8 Å². The zero-order valence-electron chi connectivity index (χ0n) is 37.3. The number of allylic oxidation sites excluding steroid dienone is 8. The maximum atomic E-state index is 12.8. The van der Waals surface area contributed by atoms with Crippen LogP contribution in [0.25, 0.3) is 0 Å². The highest BCUT2D eigenvalue weighted by atomic mass is 31.2. The van der Waals surface area contributed by atoms with Crippen LogP contribution in [-0.4, -0.2) is 111 Å². The Hall–Kier alpha value is -2.49. The fourth-order valence-electron chi connectivity index (χ4n) is 6.89. The number of esters is 2. The summed E-state index contributed by atoms with van der Waals surface area (Å²) in [4.78, 5) is 35.7. The van der Waals surface area contributed by atoms with Crippen molar-refractivity contribution in [3.8, 4) is 0 Å². The summed E-state index contributed by atoms with van der Waals surface area (Å²) in [5, 5.41) is 50.1. The van der Waals surface area contributed by atoms with Gasteiger partial charge in [-0.3, -0.25) is 18.6 Å². The molecule has 0 aromatic carbocycles. The minimum atomic E-state index is -5.14. The number of unbranched alkanes of at least 4 members (excludes halogenated alkanes) is 12. The molecule has 8 unspecified atom stereocenters. The van der Waals surface area contributed by atoms with Gasteiger partial charge in [0.2, 0.25) is 0 Å². The van der Waals surface area contributed by atoms with E-state index in [1.807, 2.05) is 12.2 Å². The quantitative estimate of drug-likeness (QED) is 0.0116. The first-order valence-corrected chi connectivity index (χ1v) is 24.7. The second-order valence-corrected chi connectivity index (χ2v) is 17.7. The maximum absolute atomic E-state index is 12.8. The van der Waals surface area contributed by atoms with Crippen molar-refractivity contribution in [1.82, 2.24) is 0 Å². The summed E-state index contributed by atoms with van der Waals surface area (Å²) in [6.07, 6.45) is 28.9. The lowest BCUT2D eigenvalue weighted by molar-refractivity contribution is -0.220. The van der Waals surface area contributed by atoms with Gasteiger partial charge in [-0.2, -0.15) is 0 Å². The van der Waals surface area contributed by atoms with E-state index >= 15 is 0 Å². The SMILES string of the molecule is CCC=CCC1OC1CC=CCC=CCC=CCCCC(=O)OC(COC(=O)CCCCCCCC=CCCCCCCCC)COP(=O)(O)OC1C(O)C(O)C(O)C(O)C1O. The van der Waals surface area contributed by atoms with Crippen molar-refractivity contribution >= 4 is 19.8 Å². The number of hydrogen-bond donors (Lipinski definition) is 6. The molecule has 8 atom stereocenters. The Balaban J connectivity index is 1.73. The number of phosphoric ester groups is 1. The van der Waals surface area contributed by atoms with E-state index < -0.39 is 75.7 Å². The van der Waals surface area contributed by atoms with Crippen LogP contribution in [0.2, 0.25) is 0 Å². The zero-order valence-corrected chi connectivity index (χ0v) is 38.2. The molecule has 0 amide bonds. The van der Waals surface area contributed by atoms with E-state index in [-0.39, 0.29) is 12.8 Å². The van der Waals surface area contributed by atoms with E-state index in [0.717, 1.165) is 70.6 Å². The molecule has 0 aromatic rings. The number of phosphoric acid groups is 1. The first-order chi connectivity index (χ1) is 29.9. The van der Waals surface area contributed by atoms with Gasteiger partial charge >= 0.3 is 19.8 Å². The number of aliphatic hydroxyl groups excluding tert-OH is 5. The molecule has 15 heteroatoms. The molecule has 1 heterocycles. The normalized spacial score (nSPS) is 25.7. The molecule has 62 heavy (non-hydrogen) atoms. The van der Waals surface area contributed by atoms with Crippen LogP contribution in [0, 0.1) is 0 Å². The van der Waals surface area contributed by atoms with Crippen molar-refractivity contribution in [3.63, 3.8) is 0 Å². The van der Waals surface area contributed by atoms with Crippen LogP contribution in [0.15, 0.2) is 60.8 Å². The zero-order chi connectivity index (χ0) is 45.4. The van der Waals surface area contributed by atoms with Crippen molar-refractivity contribution in [3.05, 3.63) is 60.8 Å². The predicted molar refractivity (Wildman–Crippen MR) is 239 cm³/mol. The maximum Gasteiger partial charge on any atom is 0.472 e. The minimum Gasteiger partial charge on any atom is -0.462 e. The lowest BCUT2D eigenvalue weighted by Crippen LogP contribution is -2.64. The number of hydrogen-bond acceptors (Lipinski definition) is 13. The van der Waals surface area contributed by atoms with E-state index in [2.05, 4.69) is 62.5 Å². The first kappa shape index (κ1) is 55.6. The van der Waals surface area contributed by atoms with Crippen LogP contribution < -0.4 is 0 Å². The topological polar surface area (TPSA) is 222 Å². The van der Waals surface area contributed by atoms with Crippen LogP contribution >= 0.6 is 7.82 Å². The summed E-state index contributed by atoms with van der Waals surface area (Å²) >= 11 is 0. The van der Waals surface area contributed by atoms with Crippen LogP contribution in [0.5, 0.6) is 0 Å². The summed E-state index contributed by atoms with van der Waals surface area (Å²) in [6, 6.07) is 0. The number of carbonyl (C=O) groups is 2. The smallest absolute Gasteiger partial charge is 0.462 e. The molecule has 1 aliphatic carbocycles. The lowest BCUT2D eigenvalue weighted by atomic mass is 9.85. The Labute approximate surface area is 370 Å². The predicted octanol–water partition coefficient (Wildman–Crippen LogP) is 7.93. The molecule has 2 fully saturated rings. The van der Waals surface area contributed by atoms with Gasteiger partial charge in [0.15, 0.2) is 6.10 Å². The molecule has 0 spiro atoms. The van der Waals surface area contributed by atoms with Crippen molar-refractivity contribution in [1.29, 1.82) is 0 Å². The Morgan fingerprint density at radius 2 is 1.06 bits per heavy atom. The van der Waals surface area contributed by atoms with Crippen LogP contribution in [0.3, 0.4) is 0 Å². The number of aliphatic hydroxyl groups is 5. The van der Waals surface area contributed by atoms with Crippen molar-refractivity contribution in [2.45, 2.75) is 210 Å². The Kier molecular flexibility index (Phi) is 30.5. The Morgan fingerprint density at radius 1 is 0.581 bits per heavy atom. The van der Waals surface area contributed by atoms with Gasteiger partial charge in [-0.05, 0) is 77.0 Å². The van der Waals surface area contributed by atoms with Gasteiger partial charge < -0.3 is 44.6 Å². The Bertz CT molecular complexity index is 1380. The summed E-state index contributed by atoms with van der Waals surface area (Å²) in [7, 11) is -5.14. The number of ether oxygens (including phenoxy) is 3. The summed E-state index contributed by atoms with van der Waals surface area (Å²) < 4.78 is 39.1. The van der Waals surface area contributed by atoms with E-state index in [4.69, 9.17) is 23.3 Å². The van der Waals surface area contributed by atoms with E-state index in [1.165, 1.54) is 38.5 Å². The van der Waals surface area contributed by atoms with E-state index in [1.54, 1.807) is 0 Å². The van der Waals surface area contributed by atoms with Gasteiger partial charge in [-0.25, -0.2) is 4.57 Å². The highest BCUT2D eigenvalue weighted by molar-refractivity contribution is 7.47. The molecule has 14 nitrogen and oxygen atoms in total. The highest BCUT2D eigenvalue weighted by Gasteiger charge is 2.51. The molecule has 1 saturated carbocycles. The standard InChI is InChI=1S/C47H79O14P/c1-3-5-7-8-9-10-11-12-13-14-15-19-22-25-29-33-40(48)57-35-37(36-58-62(55,56)61-47-45(53)43(51)42(50)44(52)46(47)54)59-41(49)34-30-26-23-20-17-16-18-21-24-28-32-39-38(60-39)31-27-6-4-2/h6,12-13,16,18,20,23-24,27-28,37-39,42-47,50-54H,3-5,7-11,14-15,17,19,21-22,25-26,29-36H2,1-2H3,(H,55,56). The fourth-order valence-corrected chi connectivity index (χ4v) is 7.86. The van der Waals surface area contributed by atoms with Gasteiger partial charge in [-0.1, -0.05) is 126 Å². The van der Waals surface area contributed by atoms with Crippen LogP contribution in [-0.2, 0) is 37.4 Å². The molecule has 0 aromatic heterocycles. The third-order valence-corrected chi connectivity index (χ3v) is 11.7. The number of carbonyl (C=O) groups excluding carboxylic acids is 2. The van der Waals surface area contributed by atoms with Crippen molar-refractivity contribution in [2.24, 2.45) is 0 Å². The van der Waals surface area contributed by atoms with Crippen LogP contribution in [0.1, 0.15) is 155 Å². The Morgan fingerprint density at radius 3 is 1.68 bits per heavy atom. The van der Waals surface area contributed by atoms with E-state index in [9.17, 15) is 44.6 Å². The van der Waals surface area contributed by atoms with Crippen molar-refractivity contribution < 1.29 is 67.8 Å². The second kappa shape index (κ2) is 33.9. The lowest BCUT2D eigenvalue weighted by Gasteiger charge is -2.41. The monoisotopic (exact) mass is 899 g/mol. The molecule has 6 N–H and O–H groups in total. The molecule has 1 saturated heterocycles. The van der Waals surface area contributed by atoms with Crippen LogP contribution in [0.4, 0.5) is 0 Å². The van der Waals surface area contributed by atoms with Gasteiger partial charge in [-0.15, -0.1) is 0 Å². The molecule has 0 bridgehead atoms. The second-order valence-electron chi connectivity index (χ2n) is 16.3. The number of epoxide rings is 1. The van der Waals surface area contributed by atoms with Gasteiger partial charge in [0.25, 0.3) is 0 Å². The largest absolute Gasteiger partial charge is 0.472 e. The molecular formula is C47H79O14P. The summed E-state index contributed by atoms with van der Waals surface area (Å²) in [6.45, 7) is 3.11.